The van der Waals surface area contributed by atoms with Crippen LogP contribution in [0.25, 0.3) is 0 Å². The van der Waals surface area contributed by atoms with E-state index in [9.17, 15) is 8.78 Å². The summed E-state index contributed by atoms with van der Waals surface area (Å²) in [7, 11) is 0. The number of ether oxygens (including phenoxy) is 2. The Kier molecular flexibility index (Phi) is 5.55. The molecule has 30 heavy (non-hydrogen) atoms. The highest BCUT2D eigenvalue weighted by Crippen LogP contribution is 2.34. The van der Waals surface area contributed by atoms with Crippen LogP contribution in [0.5, 0.6) is 23.0 Å². The van der Waals surface area contributed by atoms with Gasteiger partial charge in [0.2, 0.25) is 0 Å². The molecule has 0 saturated carbocycles. The summed E-state index contributed by atoms with van der Waals surface area (Å²) < 4.78 is 39.1. The van der Waals surface area contributed by atoms with Gasteiger partial charge < -0.3 is 9.47 Å². The van der Waals surface area contributed by atoms with Crippen LogP contribution in [-0.2, 0) is 0 Å². The van der Waals surface area contributed by atoms with Crippen LogP contribution in [0.3, 0.4) is 0 Å². The lowest BCUT2D eigenvalue weighted by molar-refractivity contribution is 0.409. The lowest BCUT2D eigenvalue weighted by atomic mass is 10.1. The minimum atomic E-state index is -1.01. The molecule has 0 unspecified atom stereocenters. The van der Waals surface area contributed by atoms with Gasteiger partial charge in [-0.25, -0.2) is 8.78 Å². The molecule has 0 heterocycles. The van der Waals surface area contributed by atoms with Crippen molar-refractivity contribution in [1.82, 2.24) is 0 Å². The van der Waals surface area contributed by atoms with Crippen molar-refractivity contribution in [3.8, 4) is 47.3 Å². The van der Waals surface area contributed by atoms with Gasteiger partial charge in [0.1, 0.15) is 35.8 Å². The van der Waals surface area contributed by atoms with Crippen molar-refractivity contribution >= 4 is 0 Å². The second-order valence-electron chi connectivity index (χ2n) is 5.78. The lowest BCUT2D eigenvalue weighted by Crippen LogP contribution is -1.95. The third kappa shape index (κ3) is 3.99. The van der Waals surface area contributed by atoms with Crippen LogP contribution in [0, 0.1) is 57.0 Å². The standard InChI is InChI=1S/C22H8F2N4O2/c23-19-7-20(24)22(30-18-4-2-14(10-26)16(6-18)12-28)8-21(19)29-17-3-1-13(9-25)15(5-17)11-27/h1-8H. The summed E-state index contributed by atoms with van der Waals surface area (Å²) in [6, 6.07) is 16.8. The van der Waals surface area contributed by atoms with E-state index in [0.29, 0.717) is 6.07 Å². The van der Waals surface area contributed by atoms with E-state index >= 15 is 0 Å². The van der Waals surface area contributed by atoms with Crippen LogP contribution >= 0.6 is 0 Å². The maximum absolute atomic E-state index is 14.2. The van der Waals surface area contributed by atoms with Gasteiger partial charge in [0.05, 0.1) is 22.3 Å². The molecule has 0 amide bonds. The Morgan fingerprint density at radius 1 is 0.533 bits per heavy atom. The normalized spacial score (nSPS) is 9.53. The van der Waals surface area contributed by atoms with Gasteiger partial charge in [-0.05, 0) is 36.4 Å². The maximum atomic E-state index is 14.2. The summed E-state index contributed by atoms with van der Waals surface area (Å²) in [5.74, 6) is -2.66. The zero-order valence-electron chi connectivity index (χ0n) is 15.0. The summed E-state index contributed by atoms with van der Waals surface area (Å²) in [5.41, 5.74) is 0.330. The minimum Gasteiger partial charge on any atom is -0.454 e. The molecule has 3 aromatic carbocycles. The largest absolute Gasteiger partial charge is 0.454 e. The van der Waals surface area contributed by atoms with Gasteiger partial charge in [0.25, 0.3) is 0 Å². The molecular formula is C22H8F2N4O2. The molecule has 0 aromatic heterocycles. The highest BCUT2D eigenvalue weighted by molar-refractivity contribution is 5.52. The predicted octanol–water partition coefficient (Wildman–Crippen LogP) is 5.04. The molecule has 0 radical (unpaired) electrons. The van der Waals surface area contributed by atoms with Gasteiger partial charge in [-0.3, -0.25) is 0 Å². The molecule has 0 saturated heterocycles. The van der Waals surface area contributed by atoms with Gasteiger partial charge in [0, 0.05) is 12.1 Å². The van der Waals surface area contributed by atoms with Crippen molar-refractivity contribution in [1.29, 1.82) is 21.0 Å². The molecule has 0 fully saturated rings. The molecular weight excluding hydrogens is 390 g/mol. The van der Waals surface area contributed by atoms with Crippen molar-refractivity contribution in [3.63, 3.8) is 0 Å². The Balaban J connectivity index is 1.94. The monoisotopic (exact) mass is 398 g/mol. The van der Waals surface area contributed by atoms with Crippen LogP contribution in [0.2, 0.25) is 0 Å². The first kappa shape index (κ1) is 19.8. The summed E-state index contributed by atoms with van der Waals surface area (Å²) in [4.78, 5) is 0. The van der Waals surface area contributed by atoms with E-state index < -0.39 is 11.6 Å². The Morgan fingerprint density at radius 2 is 0.933 bits per heavy atom. The van der Waals surface area contributed by atoms with E-state index in [1.54, 1.807) is 0 Å². The fourth-order valence-corrected chi connectivity index (χ4v) is 2.47. The number of halogens is 2. The molecule has 142 valence electrons. The van der Waals surface area contributed by atoms with Crippen LogP contribution in [0.15, 0.2) is 48.5 Å². The second kappa shape index (κ2) is 8.40. The third-order valence-electron chi connectivity index (χ3n) is 3.91. The third-order valence-corrected chi connectivity index (χ3v) is 3.91. The average molecular weight is 398 g/mol. The molecule has 3 aromatic rings. The van der Waals surface area contributed by atoms with Gasteiger partial charge in [-0.15, -0.1) is 0 Å². The number of nitriles is 4. The zero-order valence-corrected chi connectivity index (χ0v) is 15.0. The molecule has 0 spiro atoms. The van der Waals surface area contributed by atoms with E-state index in [2.05, 4.69) is 0 Å². The highest BCUT2D eigenvalue weighted by atomic mass is 19.1. The van der Waals surface area contributed by atoms with Gasteiger partial charge in [-0.1, -0.05) is 0 Å². The van der Waals surface area contributed by atoms with Crippen LogP contribution in [0.4, 0.5) is 8.78 Å². The van der Waals surface area contributed by atoms with Crippen molar-refractivity contribution in [2.45, 2.75) is 0 Å². The molecule has 0 atom stereocenters. The molecule has 8 heteroatoms. The minimum absolute atomic E-state index is 0.0376. The topological polar surface area (TPSA) is 114 Å². The van der Waals surface area contributed by atoms with Gasteiger partial charge >= 0.3 is 0 Å². The average Bonchev–Trinajstić information content (AvgIpc) is 2.76. The Labute approximate surface area is 169 Å². The molecule has 0 aliphatic rings. The van der Waals surface area contributed by atoms with Crippen LogP contribution in [0.1, 0.15) is 22.3 Å². The number of hydrogen-bond acceptors (Lipinski definition) is 6. The fourth-order valence-electron chi connectivity index (χ4n) is 2.47. The molecule has 0 aliphatic heterocycles. The number of benzene rings is 3. The lowest BCUT2D eigenvalue weighted by Gasteiger charge is -2.12. The predicted molar refractivity (Wildman–Crippen MR) is 98.3 cm³/mol. The SMILES string of the molecule is N#Cc1ccc(Oc2cc(Oc3ccc(C#N)c(C#N)c3)c(F)cc2F)cc1C#N. The second-order valence-corrected chi connectivity index (χ2v) is 5.78. The molecule has 0 aliphatic carbocycles. The van der Waals surface area contributed by atoms with E-state index in [0.717, 1.165) is 6.07 Å². The first-order valence-corrected chi connectivity index (χ1v) is 8.22. The Hall–Kier alpha value is -4.92. The van der Waals surface area contributed by atoms with Crippen molar-refractivity contribution < 1.29 is 18.3 Å². The first-order chi connectivity index (χ1) is 14.5. The van der Waals surface area contributed by atoms with Gasteiger partial charge in [0.15, 0.2) is 23.1 Å². The molecule has 3 rings (SSSR count). The molecule has 0 bridgehead atoms. The Morgan fingerprint density at radius 3 is 1.30 bits per heavy atom. The van der Waals surface area contributed by atoms with E-state index in [1.807, 2.05) is 24.3 Å². The van der Waals surface area contributed by atoms with E-state index in [4.69, 9.17) is 30.5 Å². The Bertz CT molecular complexity index is 1230. The summed E-state index contributed by atoms with van der Waals surface area (Å²) in [5, 5.41) is 36.1. The summed E-state index contributed by atoms with van der Waals surface area (Å²) >= 11 is 0. The first-order valence-electron chi connectivity index (χ1n) is 8.22. The van der Waals surface area contributed by atoms with Crippen molar-refractivity contribution in [3.05, 3.63) is 82.4 Å². The van der Waals surface area contributed by atoms with Crippen molar-refractivity contribution in [2.24, 2.45) is 0 Å². The number of nitrogens with zero attached hydrogens (tertiary/aromatic N) is 4. The van der Waals surface area contributed by atoms with Crippen molar-refractivity contribution in [2.75, 3.05) is 0 Å². The molecule has 6 nitrogen and oxygen atoms in total. The van der Waals surface area contributed by atoms with E-state index in [1.165, 1.54) is 36.4 Å². The van der Waals surface area contributed by atoms with Gasteiger partial charge in [-0.2, -0.15) is 21.0 Å². The highest BCUT2D eigenvalue weighted by Gasteiger charge is 2.15. The smallest absolute Gasteiger partial charge is 0.168 e. The quantitative estimate of drug-likeness (QED) is 0.608. The summed E-state index contributed by atoms with van der Waals surface area (Å²) in [6.07, 6.45) is 0. The fraction of sp³-hybridized carbons (Fsp3) is 0. The number of rotatable bonds is 4. The number of hydrogen-bond donors (Lipinski definition) is 0. The van der Waals surface area contributed by atoms with E-state index in [-0.39, 0.29) is 45.3 Å². The van der Waals surface area contributed by atoms with Crippen LogP contribution < -0.4 is 9.47 Å². The maximum Gasteiger partial charge on any atom is 0.168 e. The zero-order chi connectivity index (χ0) is 21.7. The molecule has 0 N–H and O–H groups in total. The summed E-state index contributed by atoms with van der Waals surface area (Å²) in [6.45, 7) is 0. The van der Waals surface area contributed by atoms with Crippen LogP contribution in [-0.4, -0.2) is 0 Å².